The lowest BCUT2D eigenvalue weighted by Gasteiger charge is -2.08. The molecule has 1 rings (SSSR count). The van der Waals surface area contributed by atoms with Crippen molar-refractivity contribution in [3.05, 3.63) is 11.7 Å². The number of hydrogen-bond donors (Lipinski definition) is 2. The Morgan fingerprint density at radius 3 is 2.93 bits per heavy atom. The highest BCUT2D eigenvalue weighted by Crippen LogP contribution is 2.12. The monoisotopic (exact) mass is 215 g/mol. The van der Waals surface area contributed by atoms with Gasteiger partial charge in [0.1, 0.15) is 6.04 Å². The van der Waals surface area contributed by atoms with Crippen LogP contribution in [0.5, 0.6) is 0 Å². The lowest BCUT2D eigenvalue weighted by Crippen LogP contribution is -2.23. The smallest absolute Gasteiger partial charge is 0.246 e. The molecular weight excluding hydrogens is 198 g/mol. The molecule has 0 bridgehead atoms. The van der Waals surface area contributed by atoms with Gasteiger partial charge in [-0.3, -0.25) is 0 Å². The summed E-state index contributed by atoms with van der Waals surface area (Å²) in [6.07, 6.45) is 0.820. The highest BCUT2D eigenvalue weighted by molar-refractivity contribution is 4.93. The van der Waals surface area contributed by atoms with Gasteiger partial charge in [0.25, 0.3) is 0 Å². The molecule has 0 amide bonds. The summed E-state index contributed by atoms with van der Waals surface area (Å²) in [6.45, 7) is 2.24. The number of aryl methyl sites for hydroxylation is 1. The Labute approximate surface area is 88.4 Å². The van der Waals surface area contributed by atoms with Crippen LogP contribution in [-0.4, -0.2) is 35.1 Å². The second kappa shape index (κ2) is 5.79. The van der Waals surface area contributed by atoms with E-state index < -0.39 is 12.1 Å². The number of ether oxygens (including phenoxy) is 1. The van der Waals surface area contributed by atoms with Gasteiger partial charge in [-0.2, -0.15) is 4.98 Å². The number of nitrogens with zero attached hydrogens (tertiary/aromatic N) is 2. The fourth-order valence-electron chi connectivity index (χ4n) is 1.09. The fraction of sp³-hybridized carbons (Fsp3) is 0.778. The molecule has 0 fully saturated rings. The number of aliphatic hydroxyl groups is 1. The first-order valence-corrected chi connectivity index (χ1v) is 4.90. The molecule has 0 aliphatic heterocycles. The third-order valence-electron chi connectivity index (χ3n) is 2.04. The normalized spacial score (nSPS) is 15.2. The second-order valence-electron chi connectivity index (χ2n) is 3.41. The summed E-state index contributed by atoms with van der Waals surface area (Å²) in [7, 11) is 1.64. The standard InChI is InChI=1S/C9H17N3O3/c1-6(13)8(10)9-11-7(12-15-9)4-3-5-14-2/h6,8,13H,3-5,10H2,1-2H3. The Hall–Kier alpha value is -0.980. The van der Waals surface area contributed by atoms with Crippen LogP contribution in [0.15, 0.2) is 4.52 Å². The molecule has 0 spiro atoms. The molecule has 0 aliphatic rings. The van der Waals surface area contributed by atoms with Crippen molar-refractivity contribution >= 4 is 0 Å². The number of nitrogens with two attached hydrogens (primary N) is 1. The topological polar surface area (TPSA) is 94.4 Å². The molecule has 1 aromatic rings. The molecule has 0 saturated carbocycles. The van der Waals surface area contributed by atoms with E-state index >= 15 is 0 Å². The van der Waals surface area contributed by atoms with Crippen molar-refractivity contribution in [3.8, 4) is 0 Å². The van der Waals surface area contributed by atoms with Crippen LogP contribution >= 0.6 is 0 Å². The van der Waals surface area contributed by atoms with Gasteiger partial charge in [0.2, 0.25) is 5.89 Å². The zero-order valence-corrected chi connectivity index (χ0v) is 9.01. The molecule has 15 heavy (non-hydrogen) atoms. The number of hydrogen-bond acceptors (Lipinski definition) is 6. The molecule has 0 aromatic carbocycles. The third kappa shape index (κ3) is 3.58. The van der Waals surface area contributed by atoms with Gasteiger partial charge in [0.15, 0.2) is 5.82 Å². The molecule has 0 saturated heterocycles. The lowest BCUT2D eigenvalue weighted by atomic mass is 10.2. The molecule has 2 atom stereocenters. The van der Waals surface area contributed by atoms with Crippen LogP contribution in [-0.2, 0) is 11.2 Å². The zero-order valence-electron chi connectivity index (χ0n) is 9.01. The second-order valence-corrected chi connectivity index (χ2v) is 3.41. The van der Waals surface area contributed by atoms with E-state index in [4.69, 9.17) is 15.0 Å². The molecule has 0 aliphatic carbocycles. The molecule has 2 unspecified atom stereocenters. The first kappa shape index (κ1) is 12.1. The summed E-state index contributed by atoms with van der Waals surface area (Å²) in [5.41, 5.74) is 5.64. The highest BCUT2D eigenvalue weighted by atomic mass is 16.5. The molecule has 1 aromatic heterocycles. The SMILES string of the molecule is COCCCc1noc(C(N)C(C)O)n1. The molecule has 3 N–H and O–H groups in total. The van der Waals surface area contributed by atoms with Crippen LogP contribution in [0.4, 0.5) is 0 Å². The van der Waals surface area contributed by atoms with Crippen LogP contribution in [0.25, 0.3) is 0 Å². The van der Waals surface area contributed by atoms with Gasteiger partial charge in [0.05, 0.1) is 6.10 Å². The van der Waals surface area contributed by atoms with E-state index in [1.54, 1.807) is 14.0 Å². The summed E-state index contributed by atoms with van der Waals surface area (Å²) in [6, 6.07) is -0.617. The van der Waals surface area contributed by atoms with Gasteiger partial charge in [0, 0.05) is 20.1 Å². The largest absolute Gasteiger partial charge is 0.391 e. The maximum Gasteiger partial charge on any atom is 0.246 e. The average molecular weight is 215 g/mol. The van der Waals surface area contributed by atoms with E-state index in [1.807, 2.05) is 0 Å². The minimum Gasteiger partial charge on any atom is -0.391 e. The first-order chi connectivity index (χ1) is 7.15. The van der Waals surface area contributed by atoms with Crippen molar-refractivity contribution in [2.24, 2.45) is 5.73 Å². The van der Waals surface area contributed by atoms with Crippen molar-refractivity contribution < 1.29 is 14.4 Å². The Morgan fingerprint density at radius 2 is 2.33 bits per heavy atom. The summed E-state index contributed by atoms with van der Waals surface area (Å²) in [5, 5.41) is 13.0. The van der Waals surface area contributed by atoms with Crippen LogP contribution in [0.1, 0.15) is 31.1 Å². The van der Waals surface area contributed by atoms with Crippen molar-refractivity contribution in [3.63, 3.8) is 0 Å². The Balaban J connectivity index is 2.48. The van der Waals surface area contributed by atoms with E-state index in [0.29, 0.717) is 18.9 Å². The minimum atomic E-state index is -0.697. The maximum atomic E-state index is 9.22. The first-order valence-electron chi connectivity index (χ1n) is 4.90. The van der Waals surface area contributed by atoms with Crippen molar-refractivity contribution in [1.29, 1.82) is 0 Å². The molecular formula is C9H17N3O3. The van der Waals surface area contributed by atoms with Gasteiger partial charge in [-0.25, -0.2) is 0 Å². The number of aromatic nitrogens is 2. The predicted molar refractivity (Wildman–Crippen MR) is 53.1 cm³/mol. The summed E-state index contributed by atoms with van der Waals surface area (Å²) < 4.78 is 9.84. The fourth-order valence-corrected chi connectivity index (χ4v) is 1.09. The zero-order chi connectivity index (χ0) is 11.3. The van der Waals surface area contributed by atoms with Gasteiger partial charge in [-0.05, 0) is 13.3 Å². The Morgan fingerprint density at radius 1 is 1.60 bits per heavy atom. The minimum absolute atomic E-state index is 0.275. The maximum absolute atomic E-state index is 9.22. The summed E-state index contributed by atoms with van der Waals surface area (Å²) in [5.74, 6) is 0.871. The van der Waals surface area contributed by atoms with Gasteiger partial charge in [-0.15, -0.1) is 0 Å². The molecule has 1 heterocycles. The van der Waals surface area contributed by atoms with E-state index in [1.165, 1.54) is 0 Å². The molecule has 6 nitrogen and oxygen atoms in total. The van der Waals surface area contributed by atoms with E-state index in [9.17, 15) is 5.11 Å². The molecule has 6 heteroatoms. The van der Waals surface area contributed by atoms with Crippen molar-refractivity contribution in [2.45, 2.75) is 31.9 Å². The number of aliphatic hydroxyl groups excluding tert-OH is 1. The van der Waals surface area contributed by atoms with Crippen molar-refractivity contribution in [1.82, 2.24) is 10.1 Å². The van der Waals surface area contributed by atoms with Crippen molar-refractivity contribution in [2.75, 3.05) is 13.7 Å². The number of methoxy groups -OCH3 is 1. The van der Waals surface area contributed by atoms with Crippen LogP contribution in [0.3, 0.4) is 0 Å². The van der Waals surface area contributed by atoms with Gasteiger partial charge < -0.3 is 20.1 Å². The van der Waals surface area contributed by atoms with Crippen LogP contribution in [0.2, 0.25) is 0 Å². The summed E-state index contributed by atoms with van der Waals surface area (Å²) in [4.78, 5) is 4.08. The lowest BCUT2D eigenvalue weighted by molar-refractivity contribution is 0.146. The molecule has 0 radical (unpaired) electrons. The third-order valence-corrected chi connectivity index (χ3v) is 2.04. The number of rotatable bonds is 6. The molecule has 86 valence electrons. The van der Waals surface area contributed by atoms with Crippen LogP contribution in [0, 0.1) is 0 Å². The van der Waals surface area contributed by atoms with Crippen LogP contribution < -0.4 is 5.73 Å². The Kier molecular flexibility index (Phi) is 4.67. The van der Waals surface area contributed by atoms with E-state index in [2.05, 4.69) is 10.1 Å². The average Bonchev–Trinajstić information content (AvgIpc) is 2.65. The van der Waals surface area contributed by atoms with E-state index in [0.717, 1.165) is 6.42 Å². The van der Waals surface area contributed by atoms with Gasteiger partial charge in [-0.1, -0.05) is 5.16 Å². The highest BCUT2D eigenvalue weighted by Gasteiger charge is 2.18. The van der Waals surface area contributed by atoms with Gasteiger partial charge >= 0.3 is 0 Å². The summed E-state index contributed by atoms with van der Waals surface area (Å²) >= 11 is 0. The predicted octanol–water partition coefficient (Wildman–Crippen LogP) is 0.0292. The van der Waals surface area contributed by atoms with E-state index in [-0.39, 0.29) is 5.89 Å². The quantitative estimate of drug-likeness (QED) is 0.650. The Bertz CT molecular complexity index is 288.